The van der Waals surface area contributed by atoms with Gasteiger partial charge in [-0.15, -0.1) is 0 Å². The van der Waals surface area contributed by atoms with Crippen molar-refractivity contribution < 1.29 is 19.4 Å². The molecule has 9 heteroatoms. The average Bonchev–Trinajstić information content (AvgIpc) is 3.58. The predicted molar refractivity (Wildman–Crippen MR) is 170 cm³/mol. The summed E-state index contributed by atoms with van der Waals surface area (Å²) in [5.74, 6) is 0.479. The van der Waals surface area contributed by atoms with Gasteiger partial charge in [0, 0.05) is 44.6 Å². The van der Waals surface area contributed by atoms with E-state index in [1.807, 2.05) is 18.3 Å². The van der Waals surface area contributed by atoms with E-state index in [2.05, 4.69) is 51.4 Å². The second-order valence-corrected chi connectivity index (χ2v) is 12.1. The van der Waals surface area contributed by atoms with Crippen LogP contribution < -0.4 is 0 Å². The number of imidazole rings is 1. The number of hydrogen-bond donors (Lipinski definition) is 1. The number of aromatic carboxylic acids is 1. The Morgan fingerprint density at radius 3 is 2.59 bits per heavy atom. The Labute approximate surface area is 257 Å². The Kier molecular flexibility index (Phi) is 7.93. The second-order valence-electron chi connectivity index (χ2n) is 12.1. The number of carbonyl (C=O) groups is 1. The van der Waals surface area contributed by atoms with Crippen LogP contribution >= 0.6 is 0 Å². The number of pyridine rings is 1. The lowest BCUT2D eigenvalue weighted by molar-refractivity contribution is -0.0332. The molecule has 9 nitrogen and oxygen atoms in total. The predicted octanol–water partition coefficient (Wildman–Crippen LogP) is 6.51. The SMILES string of the molecule is COCc1nc2ccc(-c3ccnc4c3cc(CN3CCC(c5ccc(C(=O)O)cc5)CC3)n4C)cc2n1C1CCCCO1. The number of rotatable bonds is 8. The van der Waals surface area contributed by atoms with Gasteiger partial charge in [-0.25, -0.2) is 14.8 Å². The van der Waals surface area contributed by atoms with Crippen molar-refractivity contribution in [1.82, 2.24) is 24.0 Å². The van der Waals surface area contributed by atoms with Gasteiger partial charge < -0.3 is 19.1 Å². The minimum absolute atomic E-state index is 0.0248. The maximum atomic E-state index is 11.2. The summed E-state index contributed by atoms with van der Waals surface area (Å²) in [4.78, 5) is 23.4. The van der Waals surface area contributed by atoms with E-state index >= 15 is 0 Å². The summed E-state index contributed by atoms with van der Waals surface area (Å²) in [6, 6.07) is 18.3. The summed E-state index contributed by atoms with van der Waals surface area (Å²) in [7, 11) is 3.82. The molecule has 2 aromatic carbocycles. The maximum absolute atomic E-state index is 11.2. The molecular formula is C35H39N5O4. The first kappa shape index (κ1) is 28.7. The van der Waals surface area contributed by atoms with Crippen molar-refractivity contribution in [3.63, 3.8) is 0 Å². The summed E-state index contributed by atoms with van der Waals surface area (Å²) in [6.07, 6.45) is 7.22. The molecule has 228 valence electrons. The highest BCUT2D eigenvalue weighted by Crippen LogP contribution is 2.35. The van der Waals surface area contributed by atoms with E-state index in [1.165, 1.54) is 11.3 Å². The Bertz CT molecular complexity index is 1790. The number of piperidine rings is 1. The van der Waals surface area contributed by atoms with Crippen LogP contribution in [0.25, 0.3) is 33.2 Å². The number of carboxylic acid groups (broad SMARTS) is 1. The van der Waals surface area contributed by atoms with Gasteiger partial charge in [0.2, 0.25) is 0 Å². The summed E-state index contributed by atoms with van der Waals surface area (Å²) in [5.41, 5.74) is 8.12. The van der Waals surface area contributed by atoms with Gasteiger partial charge in [0.05, 0.1) is 16.6 Å². The fourth-order valence-electron chi connectivity index (χ4n) is 7.02. The van der Waals surface area contributed by atoms with Crippen LogP contribution in [0.1, 0.15) is 71.7 Å². The van der Waals surface area contributed by atoms with Crippen molar-refractivity contribution in [2.75, 3.05) is 26.8 Å². The molecule has 1 N–H and O–H groups in total. The number of aryl methyl sites for hydroxylation is 1. The summed E-state index contributed by atoms with van der Waals surface area (Å²) in [5, 5.41) is 10.4. The Balaban J connectivity index is 1.14. The number of likely N-dealkylation sites (tertiary alicyclic amines) is 1. The summed E-state index contributed by atoms with van der Waals surface area (Å²) in [6.45, 7) is 4.08. The third-order valence-corrected chi connectivity index (χ3v) is 9.42. The third kappa shape index (κ3) is 5.40. The molecule has 2 aliphatic heterocycles. The highest BCUT2D eigenvalue weighted by molar-refractivity contribution is 5.96. The lowest BCUT2D eigenvalue weighted by Gasteiger charge is -2.32. The molecule has 0 saturated carbocycles. The molecule has 0 bridgehead atoms. The van der Waals surface area contributed by atoms with Crippen LogP contribution in [-0.2, 0) is 29.7 Å². The average molecular weight is 594 g/mol. The monoisotopic (exact) mass is 593 g/mol. The largest absolute Gasteiger partial charge is 0.478 e. The molecule has 5 heterocycles. The van der Waals surface area contributed by atoms with Crippen molar-refractivity contribution in [3.8, 4) is 11.1 Å². The van der Waals surface area contributed by atoms with Crippen LogP contribution in [0.15, 0.2) is 60.8 Å². The van der Waals surface area contributed by atoms with Crippen LogP contribution in [0.2, 0.25) is 0 Å². The smallest absolute Gasteiger partial charge is 0.335 e. The fraction of sp³-hybridized carbons (Fsp3) is 0.400. The van der Waals surface area contributed by atoms with E-state index in [0.29, 0.717) is 18.1 Å². The van der Waals surface area contributed by atoms with Crippen molar-refractivity contribution in [2.45, 2.75) is 57.4 Å². The van der Waals surface area contributed by atoms with E-state index in [-0.39, 0.29) is 6.23 Å². The molecule has 0 radical (unpaired) electrons. The Hall–Kier alpha value is -4.05. The van der Waals surface area contributed by atoms with Crippen LogP contribution in [0.4, 0.5) is 0 Å². The number of nitrogens with zero attached hydrogens (tertiary/aromatic N) is 5. The van der Waals surface area contributed by atoms with Gasteiger partial charge in [-0.05, 0) is 104 Å². The van der Waals surface area contributed by atoms with E-state index in [0.717, 1.165) is 97.4 Å². The second kappa shape index (κ2) is 12.1. The quantitative estimate of drug-likeness (QED) is 0.219. The Morgan fingerprint density at radius 2 is 1.86 bits per heavy atom. The number of ether oxygens (including phenoxy) is 2. The molecule has 0 amide bonds. The molecule has 7 rings (SSSR count). The zero-order valence-electron chi connectivity index (χ0n) is 25.4. The minimum atomic E-state index is -0.878. The van der Waals surface area contributed by atoms with E-state index in [9.17, 15) is 9.90 Å². The van der Waals surface area contributed by atoms with E-state index < -0.39 is 5.97 Å². The van der Waals surface area contributed by atoms with Crippen molar-refractivity contribution in [2.24, 2.45) is 7.05 Å². The maximum Gasteiger partial charge on any atom is 0.335 e. The first-order valence-electron chi connectivity index (χ1n) is 15.6. The van der Waals surface area contributed by atoms with Gasteiger partial charge in [0.25, 0.3) is 0 Å². The lowest BCUT2D eigenvalue weighted by atomic mass is 9.89. The van der Waals surface area contributed by atoms with Crippen LogP contribution in [0.3, 0.4) is 0 Å². The number of fused-ring (bicyclic) bond motifs is 2. The number of benzene rings is 2. The molecule has 3 aromatic heterocycles. The molecule has 44 heavy (non-hydrogen) atoms. The molecule has 2 aliphatic rings. The zero-order chi connectivity index (χ0) is 30.2. The van der Waals surface area contributed by atoms with Gasteiger partial charge in [-0.3, -0.25) is 9.47 Å². The van der Waals surface area contributed by atoms with Gasteiger partial charge >= 0.3 is 5.97 Å². The van der Waals surface area contributed by atoms with Crippen LogP contribution in [-0.4, -0.2) is 61.9 Å². The Morgan fingerprint density at radius 1 is 1.05 bits per heavy atom. The number of carboxylic acids is 1. The van der Waals surface area contributed by atoms with E-state index in [1.54, 1.807) is 19.2 Å². The third-order valence-electron chi connectivity index (χ3n) is 9.42. The van der Waals surface area contributed by atoms with Gasteiger partial charge in [-0.1, -0.05) is 18.2 Å². The fourth-order valence-corrected chi connectivity index (χ4v) is 7.02. The number of hydrogen-bond acceptors (Lipinski definition) is 6. The molecule has 2 saturated heterocycles. The van der Waals surface area contributed by atoms with Crippen LogP contribution in [0.5, 0.6) is 0 Å². The van der Waals surface area contributed by atoms with Crippen molar-refractivity contribution in [1.29, 1.82) is 0 Å². The molecule has 5 aromatic rings. The van der Waals surface area contributed by atoms with Gasteiger partial charge in [0.15, 0.2) is 0 Å². The zero-order valence-corrected chi connectivity index (χ0v) is 25.4. The molecule has 0 aliphatic carbocycles. The normalized spacial score (nSPS) is 18.4. The first-order valence-corrected chi connectivity index (χ1v) is 15.6. The summed E-state index contributed by atoms with van der Waals surface area (Å²) >= 11 is 0. The van der Waals surface area contributed by atoms with Crippen molar-refractivity contribution >= 4 is 28.0 Å². The van der Waals surface area contributed by atoms with Crippen molar-refractivity contribution in [3.05, 3.63) is 83.4 Å². The van der Waals surface area contributed by atoms with Crippen LogP contribution in [0, 0.1) is 0 Å². The standard InChI is InChI=1S/C35H39N5O4/c1-38-27(21-39-16-13-24(14-17-39)23-6-8-25(9-7-23)35(41)42)20-29-28(12-15-36-34(29)38)26-10-11-30-31(19-26)40(32(37-30)22-43-2)33-5-3-4-18-44-33/h6-12,15,19-20,24,33H,3-5,13-14,16-18,21-22H2,1-2H3,(H,41,42). The van der Waals surface area contributed by atoms with Gasteiger partial charge in [0.1, 0.15) is 24.3 Å². The molecule has 1 unspecified atom stereocenters. The highest BCUT2D eigenvalue weighted by atomic mass is 16.5. The molecule has 2 fully saturated rings. The molecule has 0 spiro atoms. The molecular weight excluding hydrogens is 554 g/mol. The van der Waals surface area contributed by atoms with Gasteiger partial charge in [-0.2, -0.15) is 0 Å². The van der Waals surface area contributed by atoms with E-state index in [4.69, 9.17) is 19.4 Å². The topological polar surface area (TPSA) is 94.6 Å². The minimum Gasteiger partial charge on any atom is -0.478 e. The highest BCUT2D eigenvalue weighted by Gasteiger charge is 2.24. The first-order chi connectivity index (χ1) is 21.5. The number of methoxy groups -OCH3 is 1. The summed E-state index contributed by atoms with van der Waals surface area (Å²) < 4.78 is 16.2. The lowest BCUT2D eigenvalue weighted by Crippen LogP contribution is -2.33. The number of aromatic nitrogens is 4. The molecule has 1 atom stereocenters.